The predicted octanol–water partition coefficient (Wildman–Crippen LogP) is -1.81. The van der Waals surface area contributed by atoms with E-state index in [4.69, 9.17) is 0 Å². The number of hydrogen-bond donors (Lipinski definition) is 1. The normalized spacial score (nSPS) is 15.9. The number of nitrogens with one attached hydrogen (secondary N) is 1. The molecule has 128 valence electrons. The third kappa shape index (κ3) is 4.36. The van der Waals surface area contributed by atoms with E-state index in [1.165, 1.54) is 11.1 Å². The molecule has 1 atom stereocenters. The van der Waals surface area contributed by atoms with E-state index >= 15 is 0 Å². The van der Waals surface area contributed by atoms with Crippen LogP contribution < -0.4 is 28.2 Å². The quantitative estimate of drug-likeness (QED) is 0.524. The molecular formula is C19H25Cl2NSiZr. The zero-order chi connectivity index (χ0) is 15.9. The van der Waals surface area contributed by atoms with Gasteiger partial charge in [0.1, 0.15) is 0 Å². The molecule has 0 bridgehead atoms. The number of halogens is 2. The van der Waals surface area contributed by atoms with Crippen molar-refractivity contribution in [2.24, 2.45) is 0 Å². The van der Waals surface area contributed by atoms with Crippen LogP contribution in [0.5, 0.6) is 0 Å². The Morgan fingerprint density at radius 2 is 1.71 bits per heavy atom. The number of H-pyrrole nitrogens is 1. The fraction of sp³-hybridized carbons (Fsp3) is 0.368. The Kier molecular flexibility index (Phi) is 7.81. The first-order valence-electron chi connectivity index (χ1n) is 8.12. The fourth-order valence-electron chi connectivity index (χ4n) is 3.27. The van der Waals surface area contributed by atoms with E-state index in [1.807, 2.05) is 0 Å². The summed E-state index contributed by atoms with van der Waals surface area (Å²) in [7, 11) is -0.757. The van der Waals surface area contributed by atoms with Crippen molar-refractivity contribution in [3.05, 3.63) is 58.4 Å². The largest absolute Gasteiger partial charge is 1.00 e. The van der Waals surface area contributed by atoms with Gasteiger partial charge in [-0.2, -0.15) is 0 Å². The molecule has 0 saturated heterocycles. The SMILES string of the molecule is C[SiH](C)C1=Cc2ccccc2[CH]1[Zr+2][c]1[nH]ccc1C(C)(C)C.[Cl-].[Cl-]. The summed E-state index contributed by atoms with van der Waals surface area (Å²) in [5, 5.41) is 1.78. The molecule has 1 heterocycles. The van der Waals surface area contributed by atoms with Gasteiger partial charge in [-0.05, 0) is 0 Å². The number of aromatic amines is 1. The van der Waals surface area contributed by atoms with Crippen LogP contribution in [0.2, 0.25) is 13.1 Å². The van der Waals surface area contributed by atoms with Crippen LogP contribution >= 0.6 is 0 Å². The van der Waals surface area contributed by atoms with E-state index in [0.29, 0.717) is 0 Å². The van der Waals surface area contributed by atoms with Crippen LogP contribution in [0.15, 0.2) is 41.7 Å². The van der Waals surface area contributed by atoms with Gasteiger partial charge < -0.3 is 24.8 Å². The molecule has 2 aromatic rings. The van der Waals surface area contributed by atoms with Crippen molar-refractivity contribution in [3.63, 3.8) is 0 Å². The third-order valence-electron chi connectivity index (χ3n) is 4.47. The molecule has 1 N–H and O–H groups in total. The zero-order valence-electron chi connectivity index (χ0n) is 15.0. The molecular weight excluding hydrogens is 432 g/mol. The number of allylic oxidation sites excluding steroid dienone is 1. The monoisotopic (exact) mass is 455 g/mol. The molecule has 1 nitrogen and oxygen atoms in total. The van der Waals surface area contributed by atoms with Crippen molar-refractivity contribution >= 4 is 18.3 Å². The molecule has 1 aromatic heterocycles. The summed E-state index contributed by atoms with van der Waals surface area (Å²) in [5.41, 5.74) is 4.86. The van der Waals surface area contributed by atoms with Crippen molar-refractivity contribution in [3.8, 4) is 0 Å². The summed E-state index contributed by atoms with van der Waals surface area (Å²) >= 11 is -0.724. The van der Waals surface area contributed by atoms with Crippen LogP contribution in [0.1, 0.15) is 41.1 Å². The number of rotatable bonds is 3. The van der Waals surface area contributed by atoms with E-state index in [0.717, 1.165) is 3.63 Å². The Bertz CT molecular complexity index is 716. The smallest absolute Gasteiger partial charge is 1.00 e. The van der Waals surface area contributed by atoms with Crippen molar-refractivity contribution in [1.82, 2.24) is 4.98 Å². The van der Waals surface area contributed by atoms with E-state index in [-0.39, 0.29) is 30.2 Å². The molecule has 0 radical (unpaired) electrons. The maximum Gasteiger partial charge on any atom is -1.00 e. The first kappa shape index (κ1) is 22.0. The second-order valence-corrected chi connectivity index (χ2v) is 13.9. The van der Waals surface area contributed by atoms with Gasteiger partial charge in [-0.3, -0.25) is 0 Å². The molecule has 0 spiro atoms. The van der Waals surface area contributed by atoms with Gasteiger partial charge in [0.15, 0.2) is 0 Å². The average Bonchev–Trinajstić information content (AvgIpc) is 3.04. The van der Waals surface area contributed by atoms with Crippen LogP contribution in [-0.2, 0) is 28.6 Å². The number of fused-ring (bicyclic) bond motifs is 1. The Balaban J connectivity index is 0.00000144. The molecule has 0 aliphatic heterocycles. The van der Waals surface area contributed by atoms with Gasteiger partial charge in [0.25, 0.3) is 0 Å². The standard InChI is InChI=1S/C11H13Si.C8H12N.2ClH.Zr/c1-12(2)11-7-9-5-3-4-6-10(9)8-11;1-8(2,3)7-4-5-9-6-7;;;/h3-8,12H,1-2H3;4-5,9H,1-3H3;2*1H;/q;;;;+2/p-2. The van der Waals surface area contributed by atoms with Crippen LogP contribution in [0.3, 0.4) is 0 Å². The van der Waals surface area contributed by atoms with Gasteiger partial charge in [-0.25, -0.2) is 0 Å². The van der Waals surface area contributed by atoms with Crippen molar-refractivity contribution in [1.29, 1.82) is 0 Å². The molecule has 1 aliphatic rings. The number of aromatic nitrogens is 1. The number of benzene rings is 1. The summed E-state index contributed by atoms with van der Waals surface area (Å²) in [6.07, 6.45) is 4.66. The first-order valence-corrected chi connectivity index (χ1v) is 13.7. The maximum atomic E-state index is 3.59. The minimum atomic E-state index is -0.757. The van der Waals surface area contributed by atoms with E-state index in [1.54, 1.807) is 14.2 Å². The molecule has 5 heteroatoms. The fourth-order valence-corrected chi connectivity index (χ4v) is 11.8. The zero-order valence-corrected chi connectivity index (χ0v) is 20.1. The van der Waals surface area contributed by atoms with Crippen molar-refractivity contribution in [2.75, 3.05) is 0 Å². The molecule has 3 rings (SSSR count). The molecule has 1 aliphatic carbocycles. The average molecular weight is 458 g/mol. The number of hydrogen-bond acceptors (Lipinski definition) is 0. The summed E-state index contributed by atoms with van der Waals surface area (Å²) in [6, 6.07) is 11.3. The topological polar surface area (TPSA) is 15.8 Å². The van der Waals surface area contributed by atoms with Crippen LogP contribution in [0, 0.1) is 0 Å². The Hall–Kier alpha value is -0.0800. The molecule has 1 aromatic carbocycles. The van der Waals surface area contributed by atoms with Crippen molar-refractivity contribution in [2.45, 2.75) is 42.9 Å². The molecule has 0 amide bonds. The van der Waals surface area contributed by atoms with Gasteiger partial charge in [0, 0.05) is 0 Å². The van der Waals surface area contributed by atoms with Crippen LogP contribution in [0.4, 0.5) is 0 Å². The Morgan fingerprint density at radius 3 is 2.33 bits per heavy atom. The van der Waals surface area contributed by atoms with Gasteiger partial charge in [0.2, 0.25) is 0 Å². The third-order valence-corrected chi connectivity index (χ3v) is 11.1. The van der Waals surface area contributed by atoms with Crippen LogP contribution in [0.25, 0.3) is 6.08 Å². The molecule has 0 saturated carbocycles. The van der Waals surface area contributed by atoms with Crippen LogP contribution in [-0.4, -0.2) is 13.8 Å². The van der Waals surface area contributed by atoms with Gasteiger partial charge in [-0.1, -0.05) is 0 Å². The summed E-state index contributed by atoms with van der Waals surface area (Å²) < 4.78 is 2.32. The Labute approximate surface area is 171 Å². The molecule has 0 fully saturated rings. The molecule has 24 heavy (non-hydrogen) atoms. The summed E-state index contributed by atoms with van der Waals surface area (Å²) in [6.45, 7) is 11.9. The predicted molar refractivity (Wildman–Crippen MR) is 95.2 cm³/mol. The van der Waals surface area contributed by atoms with Gasteiger partial charge in [-0.15, -0.1) is 0 Å². The minimum Gasteiger partial charge on any atom is -1.00 e. The van der Waals surface area contributed by atoms with E-state index < -0.39 is 32.0 Å². The van der Waals surface area contributed by atoms with E-state index in [2.05, 4.69) is 81.5 Å². The second kappa shape index (κ2) is 8.54. The first-order chi connectivity index (χ1) is 10.4. The molecule has 1 unspecified atom stereocenters. The maximum absolute atomic E-state index is 3.59. The second-order valence-electron chi connectivity index (χ2n) is 7.52. The van der Waals surface area contributed by atoms with E-state index in [9.17, 15) is 0 Å². The van der Waals surface area contributed by atoms with Gasteiger partial charge >= 0.3 is 148 Å². The summed E-state index contributed by atoms with van der Waals surface area (Å²) in [4.78, 5) is 3.59. The summed E-state index contributed by atoms with van der Waals surface area (Å²) in [5.74, 6) is 0. The van der Waals surface area contributed by atoms with Gasteiger partial charge in [0.05, 0.1) is 0 Å². The van der Waals surface area contributed by atoms with Crippen molar-refractivity contribution < 1.29 is 48.0 Å². The minimum absolute atomic E-state index is 0. The Morgan fingerprint density at radius 1 is 1.04 bits per heavy atom.